The first kappa shape index (κ1) is 18.0. The number of aryl methyl sites for hydroxylation is 3. The van der Waals surface area contributed by atoms with Crippen molar-refractivity contribution >= 4 is 11.8 Å². The van der Waals surface area contributed by atoms with Crippen LogP contribution in [-0.2, 0) is 17.6 Å². The maximum Gasteiger partial charge on any atom is 0.279 e. The highest BCUT2D eigenvalue weighted by molar-refractivity contribution is 5.96. The lowest BCUT2D eigenvalue weighted by Gasteiger charge is -2.17. The summed E-state index contributed by atoms with van der Waals surface area (Å²) in [5, 5.41) is 0. The third-order valence-electron chi connectivity index (χ3n) is 4.89. The monoisotopic (exact) mass is 352 g/mol. The number of carbonyl (C=O) groups excluding carboxylic acids is 2. The van der Waals surface area contributed by atoms with Crippen LogP contribution in [0.5, 0.6) is 5.75 Å². The maximum atomic E-state index is 12.3. The summed E-state index contributed by atoms with van der Waals surface area (Å²) >= 11 is 0. The Labute approximate surface area is 153 Å². The number of hydrazine groups is 1. The predicted molar refractivity (Wildman–Crippen MR) is 100 cm³/mol. The van der Waals surface area contributed by atoms with E-state index in [1.807, 2.05) is 44.2 Å². The van der Waals surface area contributed by atoms with E-state index in [4.69, 9.17) is 4.74 Å². The average molecular weight is 352 g/mol. The van der Waals surface area contributed by atoms with Crippen LogP contribution in [0.2, 0.25) is 0 Å². The van der Waals surface area contributed by atoms with E-state index in [2.05, 4.69) is 10.9 Å². The van der Waals surface area contributed by atoms with Gasteiger partial charge in [-0.2, -0.15) is 0 Å². The number of benzene rings is 2. The Morgan fingerprint density at radius 1 is 1.04 bits per heavy atom. The Morgan fingerprint density at radius 3 is 2.62 bits per heavy atom. The third-order valence-corrected chi connectivity index (χ3v) is 4.89. The first-order valence-corrected chi connectivity index (χ1v) is 8.90. The fourth-order valence-electron chi connectivity index (χ4n) is 3.10. The zero-order chi connectivity index (χ0) is 18.7. The number of hydrogen-bond acceptors (Lipinski definition) is 3. The molecule has 0 aromatic heterocycles. The number of ether oxygens (including phenoxy) is 1. The summed E-state index contributed by atoms with van der Waals surface area (Å²) < 4.78 is 5.72. The molecule has 5 heteroatoms. The Hall–Kier alpha value is -2.82. The van der Waals surface area contributed by atoms with E-state index in [1.54, 1.807) is 13.0 Å². The molecule has 1 aliphatic rings. The molecule has 1 atom stereocenters. The zero-order valence-electron chi connectivity index (χ0n) is 15.4. The van der Waals surface area contributed by atoms with Crippen LogP contribution in [0.25, 0.3) is 0 Å². The molecule has 0 saturated carbocycles. The summed E-state index contributed by atoms with van der Waals surface area (Å²) in [7, 11) is 0. The molecule has 2 N–H and O–H groups in total. The molecule has 136 valence electrons. The first-order chi connectivity index (χ1) is 12.5. The van der Waals surface area contributed by atoms with Crippen molar-refractivity contribution in [2.75, 3.05) is 0 Å². The summed E-state index contributed by atoms with van der Waals surface area (Å²) in [6, 6.07) is 11.4. The van der Waals surface area contributed by atoms with Crippen molar-refractivity contribution < 1.29 is 14.3 Å². The van der Waals surface area contributed by atoms with E-state index in [1.165, 1.54) is 11.1 Å². The molecule has 1 aliphatic carbocycles. The van der Waals surface area contributed by atoms with Crippen molar-refractivity contribution in [1.82, 2.24) is 10.9 Å². The molecule has 1 unspecified atom stereocenters. The second-order valence-electron chi connectivity index (χ2n) is 6.74. The Morgan fingerprint density at radius 2 is 1.81 bits per heavy atom. The first-order valence-electron chi connectivity index (χ1n) is 8.90. The van der Waals surface area contributed by atoms with Gasteiger partial charge in [0.2, 0.25) is 0 Å². The summed E-state index contributed by atoms with van der Waals surface area (Å²) in [6.07, 6.45) is 2.48. The lowest BCUT2D eigenvalue weighted by atomic mass is 10.1. The van der Waals surface area contributed by atoms with Crippen LogP contribution in [0.1, 0.15) is 46.0 Å². The van der Waals surface area contributed by atoms with Crippen LogP contribution in [-0.4, -0.2) is 17.9 Å². The SMILES string of the molecule is Cc1cccc(OC(C)C(=O)NNC(=O)c2ccc3c(c2)CCC3)c1C. The molecule has 0 fully saturated rings. The number of fused-ring (bicyclic) bond motifs is 1. The number of nitrogens with one attached hydrogen (secondary N) is 2. The second-order valence-corrected chi connectivity index (χ2v) is 6.74. The summed E-state index contributed by atoms with van der Waals surface area (Å²) in [6.45, 7) is 5.59. The van der Waals surface area contributed by atoms with Crippen molar-refractivity contribution in [1.29, 1.82) is 0 Å². The number of hydrogen-bond donors (Lipinski definition) is 2. The molecule has 0 spiro atoms. The van der Waals surface area contributed by atoms with Gasteiger partial charge in [0.1, 0.15) is 5.75 Å². The van der Waals surface area contributed by atoms with Gasteiger partial charge in [0, 0.05) is 5.56 Å². The minimum Gasteiger partial charge on any atom is -0.481 e. The minimum absolute atomic E-state index is 0.327. The van der Waals surface area contributed by atoms with Crippen LogP contribution in [0.3, 0.4) is 0 Å². The smallest absolute Gasteiger partial charge is 0.279 e. The van der Waals surface area contributed by atoms with Crippen LogP contribution in [0.4, 0.5) is 0 Å². The molecule has 0 aliphatic heterocycles. The van der Waals surface area contributed by atoms with Gasteiger partial charge in [-0.25, -0.2) is 0 Å². The van der Waals surface area contributed by atoms with Gasteiger partial charge in [-0.15, -0.1) is 0 Å². The molecule has 2 aromatic carbocycles. The second kappa shape index (κ2) is 7.60. The molecular formula is C21H24N2O3. The van der Waals surface area contributed by atoms with Gasteiger partial charge < -0.3 is 4.74 Å². The van der Waals surface area contributed by atoms with Gasteiger partial charge in [-0.1, -0.05) is 18.2 Å². The Bertz CT molecular complexity index is 845. The quantitative estimate of drug-likeness (QED) is 0.831. The van der Waals surface area contributed by atoms with Gasteiger partial charge in [0.05, 0.1) is 0 Å². The van der Waals surface area contributed by atoms with Crippen molar-refractivity contribution in [2.24, 2.45) is 0 Å². The minimum atomic E-state index is -0.726. The van der Waals surface area contributed by atoms with Gasteiger partial charge in [-0.3, -0.25) is 20.4 Å². The zero-order valence-corrected chi connectivity index (χ0v) is 15.4. The number of amides is 2. The fourth-order valence-corrected chi connectivity index (χ4v) is 3.10. The maximum absolute atomic E-state index is 12.3. The van der Waals surface area contributed by atoms with E-state index < -0.39 is 12.0 Å². The van der Waals surface area contributed by atoms with E-state index in [9.17, 15) is 9.59 Å². The number of rotatable bonds is 4. The van der Waals surface area contributed by atoms with E-state index in [0.29, 0.717) is 11.3 Å². The highest BCUT2D eigenvalue weighted by Crippen LogP contribution is 2.23. The number of carbonyl (C=O) groups is 2. The highest BCUT2D eigenvalue weighted by atomic mass is 16.5. The van der Waals surface area contributed by atoms with Crippen LogP contribution >= 0.6 is 0 Å². The normalized spacial score (nSPS) is 13.7. The van der Waals surface area contributed by atoms with Crippen molar-refractivity contribution in [3.05, 3.63) is 64.2 Å². The summed E-state index contributed by atoms with van der Waals surface area (Å²) in [5.74, 6) is -0.0648. The highest BCUT2D eigenvalue weighted by Gasteiger charge is 2.18. The Balaban J connectivity index is 1.56. The van der Waals surface area contributed by atoms with E-state index >= 15 is 0 Å². The Kier molecular flexibility index (Phi) is 5.26. The topological polar surface area (TPSA) is 67.4 Å². The van der Waals surface area contributed by atoms with Crippen LogP contribution in [0, 0.1) is 13.8 Å². The fraction of sp³-hybridized carbons (Fsp3) is 0.333. The molecule has 3 rings (SSSR count). The summed E-state index contributed by atoms with van der Waals surface area (Å²) in [5.41, 5.74) is 10.1. The van der Waals surface area contributed by atoms with Gasteiger partial charge in [-0.05, 0) is 80.5 Å². The average Bonchev–Trinajstić information content (AvgIpc) is 3.10. The molecule has 26 heavy (non-hydrogen) atoms. The largest absolute Gasteiger partial charge is 0.481 e. The van der Waals surface area contributed by atoms with Gasteiger partial charge in [0.25, 0.3) is 11.8 Å². The van der Waals surface area contributed by atoms with Crippen molar-refractivity contribution in [2.45, 2.75) is 46.1 Å². The molecular weight excluding hydrogens is 328 g/mol. The van der Waals surface area contributed by atoms with Gasteiger partial charge in [0.15, 0.2) is 6.10 Å². The molecule has 5 nitrogen and oxygen atoms in total. The lowest BCUT2D eigenvalue weighted by Crippen LogP contribution is -2.47. The van der Waals surface area contributed by atoms with Crippen molar-refractivity contribution in [3.8, 4) is 5.75 Å². The standard InChI is InChI=1S/C21H24N2O3/c1-13-6-4-9-19(14(13)2)26-15(3)20(24)22-23-21(25)18-11-10-16-7-5-8-17(16)12-18/h4,6,9-12,15H,5,7-8H2,1-3H3,(H,22,24)(H,23,25). The molecule has 0 saturated heterocycles. The predicted octanol–water partition coefficient (Wildman–Crippen LogP) is 3.02. The molecule has 0 heterocycles. The molecule has 2 amide bonds. The van der Waals surface area contributed by atoms with E-state index in [-0.39, 0.29) is 5.91 Å². The van der Waals surface area contributed by atoms with Crippen LogP contribution < -0.4 is 15.6 Å². The lowest BCUT2D eigenvalue weighted by molar-refractivity contribution is -0.128. The van der Waals surface area contributed by atoms with Crippen molar-refractivity contribution in [3.63, 3.8) is 0 Å². The summed E-state index contributed by atoms with van der Waals surface area (Å²) in [4.78, 5) is 24.5. The third kappa shape index (κ3) is 3.87. The van der Waals surface area contributed by atoms with E-state index in [0.717, 1.165) is 30.4 Å². The molecule has 0 radical (unpaired) electrons. The van der Waals surface area contributed by atoms with Gasteiger partial charge >= 0.3 is 0 Å². The van der Waals surface area contributed by atoms with Crippen LogP contribution in [0.15, 0.2) is 36.4 Å². The molecule has 2 aromatic rings. The molecule has 0 bridgehead atoms.